The molecule has 5 nitrogen and oxygen atoms in total. The van der Waals surface area contributed by atoms with E-state index in [1.807, 2.05) is 6.92 Å². The molecule has 0 fully saturated rings. The van der Waals surface area contributed by atoms with Gasteiger partial charge in [-0.1, -0.05) is 36.5 Å². The zero-order valence-electron chi connectivity index (χ0n) is 12.4. The van der Waals surface area contributed by atoms with Gasteiger partial charge in [-0.2, -0.15) is 0 Å². The molecule has 124 valence electrons. The lowest BCUT2D eigenvalue weighted by Crippen LogP contribution is -2.37. The Bertz CT molecular complexity index is 621. The lowest BCUT2D eigenvalue weighted by Gasteiger charge is -2.20. The maximum Gasteiger partial charge on any atom is 0.231 e. The zero-order chi connectivity index (χ0) is 16.8. The number of carbonyl (C=O) groups is 1. The summed E-state index contributed by atoms with van der Waals surface area (Å²) in [6.45, 7) is 2.90. The van der Waals surface area contributed by atoms with Crippen molar-refractivity contribution in [3.05, 3.63) is 28.2 Å². The first-order valence-corrected chi connectivity index (χ1v) is 9.35. The predicted molar refractivity (Wildman–Crippen MR) is 89.1 cm³/mol. The fourth-order valence-corrected chi connectivity index (χ4v) is 4.04. The number of hydrogen-bond acceptors (Lipinski definition) is 4. The second-order valence-corrected chi connectivity index (χ2v) is 7.91. The predicted octanol–water partition coefficient (Wildman–Crippen LogP) is 2.35. The minimum atomic E-state index is -3.58. The monoisotopic (exact) mass is 366 g/mol. The molecule has 1 amide bonds. The van der Waals surface area contributed by atoms with Crippen LogP contribution < -0.4 is 5.73 Å². The molecule has 22 heavy (non-hydrogen) atoms. The van der Waals surface area contributed by atoms with Crippen molar-refractivity contribution < 1.29 is 13.2 Å². The first-order valence-electron chi connectivity index (χ1n) is 6.94. The number of benzene rings is 1. The third-order valence-corrected chi connectivity index (χ3v) is 5.52. The van der Waals surface area contributed by atoms with Gasteiger partial charge in [0.15, 0.2) is 9.84 Å². The number of unbranched alkanes of at least 4 members (excludes halogenated alkanes) is 1. The lowest BCUT2D eigenvalue weighted by molar-refractivity contribution is -0.119. The Morgan fingerprint density at radius 2 is 1.95 bits per heavy atom. The van der Waals surface area contributed by atoms with Crippen molar-refractivity contribution in [2.75, 3.05) is 25.4 Å². The molecule has 1 rings (SSSR count). The fourth-order valence-electron chi connectivity index (χ4n) is 1.95. The van der Waals surface area contributed by atoms with Crippen LogP contribution in [0.15, 0.2) is 23.1 Å². The maximum absolute atomic E-state index is 12.4. The van der Waals surface area contributed by atoms with Crippen molar-refractivity contribution in [3.8, 4) is 0 Å². The summed E-state index contributed by atoms with van der Waals surface area (Å²) in [5.41, 5.74) is 5.19. The molecule has 0 spiro atoms. The average Bonchev–Trinajstić information content (AvgIpc) is 2.44. The van der Waals surface area contributed by atoms with Gasteiger partial charge in [-0.3, -0.25) is 9.69 Å². The molecule has 0 heterocycles. The van der Waals surface area contributed by atoms with E-state index < -0.39 is 15.7 Å². The van der Waals surface area contributed by atoms with Crippen molar-refractivity contribution in [2.45, 2.75) is 24.7 Å². The molecule has 0 bridgehead atoms. The molecule has 1 aromatic carbocycles. The van der Waals surface area contributed by atoms with Crippen LogP contribution in [0, 0.1) is 0 Å². The molecule has 8 heteroatoms. The number of halogens is 2. The molecule has 0 unspecified atom stereocenters. The number of sulfone groups is 1. The molecule has 0 aromatic heterocycles. The Morgan fingerprint density at radius 1 is 1.27 bits per heavy atom. The van der Waals surface area contributed by atoms with Crippen LogP contribution >= 0.6 is 23.2 Å². The highest BCUT2D eigenvalue weighted by Gasteiger charge is 2.20. The largest absolute Gasteiger partial charge is 0.369 e. The molecular formula is C14H20Cl2N2O3S. The quantitative estimate of drug-likeness (QED) is 0.727. The second kappa shape index (κ2) is 8.72. The third kappa shape index (κ3) is 6.12. The Balaban J connectivity index is 2.81. The van der Waals surface area contributed by atoms with Crippen LogP contribution in [0.1, 0.15) is 19.8 Å². The van der Waals surface area contributed by atoms with Gasteiger partial charge >= 0.3 is 0 Å². The minimum Gasteiger partial charge on any atom is -0.369 e. The number of carbonyl (C=O) groups excluding carboxylic acids is 1. The molecule has 0 saturated carbocycles. The van der Waals surface area contributed by atoms with Gasteiger partial charge in [-0.15, -0.1) is 0 Å². The normalized spacial score (nSPS) is 11.8. The van der Waals surface area contributed by atoms with E-state index >= 15 is 0 Å². The maximum atomic E-state index is 12.4. The summed E-state index contributed by atoms with van der Waals surface area (Å²) in [7, 11) is -3.58. The molecule has 0 aliphatic heterocycles. The Morgan fingerprint density at radius 3 is 2.55 bits per heavy atom. The Hall–Kier alpha value is -0.820. The average molecular weight is 367 g/mol. The molecule has 1 aromatic rings. The fraction of sp³-hybridized carbons (Fsp3) is 0.500. The second-order valence-electron chi connectivity index (χ2n) is 4.99. The molecular weight excluding hydrogens is 347 g/mol. The number of nitrogens with zero attached hydrogens (tertiary/aromatic N) is 1. The lowest BCUT2D eigenvalue weighted by atomic mass is 10.3. The standard InChI is InChI=1S/C14H20Cl2N2O3S/c1-2-3-6-18(10-14(17)19)7-8-22(20,21)13-9-11(15)4-5-12(13)16/h4-5,9H,2-3,6-8,10H2,1H3,(H2,17,19). The van der Waals surface area contributed by atoms with E-state index in [9.17, 15) is 13.2 Å². The summed E-state index contributed by atoms with van der Waals surface area (Å²) in [6.07, 6.45) is 1.81. The van der Waals surface area contributed by atoms with Crippen LogP contribution in [0.2, 0.25) is 10.0 Å². The number of rotatable bonds is 9. The molecule has 0 saturated heterocycles. The summed E-state index contributed by atoms with van der Waals surface area (Å²) >= 11 is 11.8. The van der Waals surface area contributed by atoms with Crippen molar-refractivity contribution in [2.24, 2.45) is 5.73 Å². The number of hydrogen-bond donors (Lipinski definition) is 1. The molecule has 2 N–H and O–H groups in total. The van der Waals surface area contributed by atoms with Gasteiger partial charge in [0.25, 0.3) is 0 Å². The van der Waals surface area contributed by atoms with E-state index in [2.05, 4.69) is 0 Å². The van der Waals surface area contributed by atoms with Gasteiger partial charge in [-0.25, -0.2) is 8.42 Å². The van der Waals surface area contributed by atoms with E-state index in [1.54, 1.807) is 4.90 Å². The van der Waals surface area contributed by atoms with Gasteiger partial charge in [0.2, 0.25) is 5.91 Å². The van der Waals surface area contributed by atoms with Crippen molar-refractivity contribution in [1.82, 2.24) is 4.90 Å². The summed E-state index contributed by atoms with van der Waals surface area (Å²) in [5.74, 6) is -0.626. The Labute approximate surface area is 141 Å². The highest BCUT2D eigenvalue weighted by Crippen LogP contribution is 2.25. The third-order valence-electron chi connectivity index (χ3n) is 3.11. The van der Waals surface area contributed by atoms with E-state index in [4.69, 9.17) is 28.9 Å². The SMILES string of the molecule is CCCCN(CCS(=O)(=O)c1cc(Cl)ccc1Cl)CC(N)=O. The zero-order valence-corrected chi connectivity index (χ0v) is 14.7. The first-order chi connectivity index (χ1) is 10.3. The van der Waals surface area contributed by atoms with E-state index in [-0.39, 0.29) is 28.8 Å². The molecule has 0 aliphatic rings. The van der Waals surface area contributed by atoms with Crippen LogP contribution in [0.3, 0.4) is 0 Å². The first kappa shape index (κ1) is 19.2. The van der Waals surface area contributed by atoms with Gasteiger partial charge in [-0.05, 0) is 31.2 Å². The van der Waals surface area contributed by atoms with E-state index in [0.29, 0.717) is 11.6 Å². The van der Waals surface area contributed by atoms with Gasteiger partial charge in [0.05, 0.1) is 22.2 Å². The number of nitrogens with two attached hydrogens (primary N) is 1. The summed E-state index contributed by atoms with van der Waals surface area (Å²) in [6, 6.07) is 4.32. The van der Waals surface area contributed by atoms with Crippen LogP contribution in [0.25, 0.3) is 0 Å². The van der Waals surface area contributed by atoms with Crippen molar-refractivity contribution >= 4 is 38.9 Å². The highest BCUT2D eigenvalue weighted by atomic mass is 35.5. The highest BCUT2D eigenvalue weighted by molar-refractivity contribution is 7.91. The van der Waals surface area contributed by atoms with Gasteiger partial charge < -0.3 is 5.73 Å². The molecule has 0 radical (unpaired) electrons. The number of primary amides is 1. The van der Waals surface area contributed by atoms with E-state index in [1.165, 1.54) is 18.2 Å². The van der Waals surface area contributed by atoms with Gasteiger partial charge in [0.1, 0.15) is 0 Å². The smallest absolute Gasteiger partial charge is 0.231 e. The van der Waals surface area contributed by atoms with Crippen molar-refractivity contribution in [1.29, 1.82) is 0 Å². The Kier molecular flexibility index (Phi) is 7.62. The van der Waals surface area contributed by atoms with Crippen LogP contribution in [0.4, 0.5) is 0 Å². The molecule has 0 aliphatic carbocycles. The van der Waals surface area contributed by atoms with E-state index in [0.717, 1.165) is 12.8 Å². The van der Waals surface area contributed by atoms with Crippen LogP contribution in [-0.2, 0) is 14.6 Å². The molecule has 0 atom stereocenters. The van der Waals surface area contributed by atoms with Gasteiger partial charge in [0, 0.05) is 11.6 Å². The number of amides is 1. The summed E-state index contributed by atoms with van der Waals surface area (Å²) in [5, 5.41) is 0.447. The topological polar surface area (TPSA) is 80.5 Å². The van der Waals surface area contributed by atoms with Crippen LogP contribution in [0.5, 0.6) is 0 Å². The summed E-state index contributed by atoms with van der Waals surface area (Å²) < 4.78 is 24.8. The van der Waals surface area contributed by atoms with Crippen molar-refractivity contribution in [3.63, 3.8) is 0 Å². The van der Waals surface area contributed by atoms with Crippen LogP contribution in [-0.4, -0.2) is 44.6 Å². The summed E-state index contributed by atoms with van der Waals surface area (Å²) in [4.78, 5) is 12.8. The minimum absolute atomic E-state index is 0.0104.